The number of nitrogens with two attached hydrogens (primary N) is 1. The third-order valence-corrected chi connectivity index (χ3v) is 3.54. The van der Waals surface area contributed by atoms with Crippen LogP contribution in [-0.4, -0.2) is 19.1 Å². The van der Waals surface area contributed by atoms with Gasteiger partial charge in [0, 0.05) is 18.2 Å². The fourth-order valence-electron chi connectivity index (χ4n) is 2.44. The lowest BCUT2D eigenvalue weighted by atomic mass is 10.00. The highest BCUT2D eigenvalue weighted by Gasteiger charge is 2.25. The van der Waals surface area contributed by atoms with E-state index in [2.05, 4.69) is 5.32 Å². The molecule has 1 amide bonds. The molecule has 106 valence electrons. The lowest BCUT2D eigenvalue weighted by Crippen LogP contribution is -2.28. The summed E-state index contributed by atoms with van der Waals surface area (Å²) in [6, 6.07) is 7.52. The molecule has 0 radical (unpaired) electrons. The fourth-order valence-corrected chi connectivity index (χ4v) is 2.44. The van der Waals surface area contributed by atoms with Crippen LogP contribution in [0.5, 0.6) is 5.75 Å². The molecule has 1 aromatic carbocycles. The van der Waals surface area contributed by atoms with Crippen molar-refractivity contribution in [2.45, 2.75) is 31.7 Å². The Hall–Kier alpha value is -1.26. The third kappa shape index (κ3) is 4.40. The van der Waals surface area contributed by atoms with Crippen LogP contribution in [0, 0.1) is 5.92 Å². The van der Waals surface area contributed by atoms with Gasteiger partial charge >= 0.3 is 0 Å². The second kappa shape index (κ2) is 7.36. The van der Waals surface area contributed by atoms with E-state index in [-0.39, 0.29) is 24.4 Å². The average molecular weight is 285 g/mol. The number of nitrogens with one attached hydrogen (secondary N) is 1. The van der Waals surface area contributed by atoms with Gasteiger partial charge in [-0.25, -0.2) is 0 Å². The van der Waals surface area contributed by atoms with Crippen LogP contribution in [0.2, 0.25) is 0 Å². The molecule has 4 nitrogen and oxygen atoms in total. The molecule has 0 unspecified atom stereocenters. The maximum atomic E-state index is 11.9. The molecular formula is C14H21ClN2O2. The maximum Gasteiger partial charge on any atom is 0.224 e. The molecule has 0 heterocycles. The number of ether oxygens (including phenoxy) is 1. The van der Waals surface area contributed by atoms with Gasteiger partial charge in [0.1, 0.15) is 5.75 Å². The summed E-state index contributed by atoms with van der Waals surface area (Å²) in [5, 5.41) is 2.89. The summed E-state index contributed by atoms with van der Waals surface area (Å²) in [7, 11) is 1.62. The standard InChI is InChI=1S/C14H20N2O2.ClH/c1-18-12-7-5-11(6-8-12)16-14(17)9-10-3-2-4-13(10)15;/h5-8,10,13H,2-4,9,15H2,1H3,(H,16,17);1H/t10-,13+;/m0./s1. The van der Waals surface area contributed by atoms with Crippen molar-refractivity contribution in [3.63, 3.8) is 0 Å². The van der Waals surface area contributed by atoms with Crippen molar-refractivity contribution in [3.05, 3.63) is 24.3 Å². The number of halogens is 1. The smallest absolute Gasteiger partial charge is 0.224 e. The Morgan fingerprint density at radius 2 is 2.05 bits per heavy atom. The molecule has 0 aromatic heterocycles. The summed E-state index contributed by atoms with van der Waals surface area (Å²) in [6.45, 7) is 0. The zero-order valence-electron chi connectivity index (χ0n) is 11.1. The topological polar surface area (TPSA) is 64.3 Å². The fraction of sp³-hybridized carbons (Fsp3) is 0.500. The first-order chi connectivity index (χ1) is 8.69. The van der Waals surface area contributed by atoms with Crippen LogP contribution < -0.4 is 15.8 Å². The minimum Gasteiger partial charge on any atom is -0.497 e. The molecule has 1 fully saturated rings. The van der Waals surface area contributed by atoms with E-state index in [4.69, 9.17) is 10.5 Å². The molecule has 2 rings (SSSR count). The van der Waals surface area contributed by atoms with E-state index in [1.165, 1.54) is 0 Å². The average Bonchev–Trinajstić information content (AvgIpc) is 2.76. The monoisotopic (exact) mass is 284 g/mol. The summed E-state index contributed by atoms with van der Waals surface area (Å²) in [6.07, 6.45) is 3.77. The summed E-state index contributed by atoms with van der Waals surface area (Å²) in [5.74, 6) is 1.16. The summed E-state index contributed by atoms with van der Waals surface area (Å²) >= 11 is 0. The van der Waals surface area contributed by atoms with E-state index in [0.29, 0.717) is 12.3 Å². The highest BCUT2D eigenvalue weighted by molar-refractivity contribution is 5.90. The summed E-state index contributed by atoms with van der Waals surface area (Å²) in [5.41, 5.74) is 6.76. The molecule has 2 atom stereocenters. The largest absolute Gasteiger partial charge is 0.497 e. The predicted molar refractivity (Wildman–Crippen MR) is 78.8 cm³/mol. The van der Waals surface area contributed by atoms with E-state index in [9.17, 15) is 4.79 Å². The van der Waals surface area contributed by atoms with Crippen LogP contribution in [0.25, 0.3) is 0 Å². The maximum absolute atomic E-state index is 11.9. The lowest BCUT2D eigenvalue weighted by molar-refractivity contribution is -0.117. The van der Waals surface area contributed by atoms with E-state index in [0.717, 1.165) is 30.7 Å². The Morgan fingerprint density at radius 3 is 2.58 bits per heavy atom. The van der Waals surface area contributed by atoms with Crippen LogP contribution >= 0.6 is 12.4 Å². The molecule has 1 aromatic rings. The van der Waals surface area contributed by atoms with Gasteiger partial charge in [-0.1, -0.05) is 6.42 Å². The molecule has 19 heavy (non-hydrogen) atoms. The van der Waals surface area contributed by atoms with Crippen molar-refractivity contribution in [2.24, 2.45) is 11.7 Å². The quantitative estimate of drug-likeness (QED) is 0.893. The van der Waals surface area contributed by atoms with E-state index in [1.54, 1.807) is 7.11 Å². The van der Waals surface area contributed by atoms with Gasteiger partial charge in [0.15, 0.2) is 0 Å². The van der Waals surface area contributed by atoms with E-state index in [1.807, 2.05) is 24.3 Å². The van der Waals surface area contributed by atoms with Gasteiger partial charge in [0.25, 0.3) is 0 Å². The number of anilines is 1. The van der Waals surface area contributed by atoms with Crippen molar-refractivity contribution < 1.29 is 9.53 Å². The van der Waals surface area contributed by atoms with Gasteiger partial charge in [-0.2, -0.15) is 0 Å². The molecule has 1 saturated carbocycles. The summed E-state index contributed by atoms with van der Waals surface area (Å²) in [4.78, 5) is 11.9. The lowest BCUT2D eigenvalue weighted by Gasteiger charge is -2.14. The highest BCUT2D eigenvalue weighted by Crippen LogP contribution is 2.27. The van der Waals surface area contributed by atoms with Gasteiger partial charge in [0.2, 0.25) is 5.91 Å². The first kappa shape index (κ1) is 15.8. The zero-order valence-corrected chi connectivity index (χ0v) is 11.9. The minimum atomic E-state index is 0. The van der Waals surface area contributed by atoms with Crippen molar-refractivity contribution in [1.29, 1.82) is 0 Å². The molecule has 0 aliphatic heterocycles. The number of amides is 1. The molecule has 0 bridgehead atoms. The Kier molecular flexibility index (Phi) is 6.12. The van der Waals surface area contributed by atoms with Crippen molar-refractivity contribution in [1.82, 2.24) is 0 Å². The number of carbonyl (C=O) groups excluding carboxylic acids is 1. The van der Waals surface area contributed by atoms with Gasteiger partial charge < -0.3 is 15.8 Å². The van der Waals surface area contributed by atoms with Crippen LogP contribution in [0.3, 0.4) is 0 Å². The van der Waals surface area contributed by atoms with Gasteiger partial charge in [-0.3, -0.25) is 4.79 Å². The van der Waals surface area contributed by atoms with Crippen LogP contribution in [0.1, 0.15) is 25.7 Å². The number of hydrogen-bond acceptors (Lipinski definition) is 3. The minimum absolute atomic E-state index is 0. The first-order valence-electron chi connectivity index (χ1n) is 6.38. The third-order valence-electron chi connectivity index (χ3n) is 3.54. The molecule has 3 N–H and O–H groups in total. The normalized spacial score (nSPS) is 21.6. The zero-order chi connectivity index (χ0) is 13.0. The van der Waals surface area contributed by atoms with Crippen LogP contribution in [0.15, 0.2) is 24.3 Å². The molecule has 5 heteroatoms. The molecule has 1 aliphatic rings. The Morgan fingerprint density at radius 1 is 1.37 bits per heavy atom. The second-order valence-corrected chi connectivity index (χ2v) is 4.84. The van der Waals surface area contributed by atoms with Gasteiger partial charge in [-0.05, 0) is 43.0 Å². The SMILES string of the molecule is COc1ccc(NC(=O)C[C@@H]2CCC[C@H]2N)cc1.Cl. The number of rotatable bonds is 4. The summed E-state index contributed by atoms with van der Waals surface area (Å²) < 4.78 is 5.07. The van der Waals surface area contributed by atoms with Crippen molar-refractivity contribution in [2.75, 3.05) is 12.4 Å². The van der Waals surface area contributed by atoms with Gasteiger partial charge in [0.05, 0.1) is 7.11 Å². The molecule has 1 aliphatic carbocycles. The van der Waals surface area contributed by atoms with Crippen LogP contribution in [-0.2, 0) is 4.79 Å². The Labute approximate surface area is 120 Å². The number of methoxy groups -OCH3 is 1. The second-order valence-electron chi connectivity index (χ2n) is 4.84. The Balaban J connectivity index is 0.00000180. The van der Waals surface area contributed by atoms with E-state index < -0.39 is 0 Å². The predicted octanol–water partition coefficient (Wildman–Crippen LogP) is 2.57. The number of benzene rings is 1. The molecule has 0 spiro atoms. The van der Waals surface area contributed by atoms with E-state index >= 15 is 0 Å². The Bertz CT molecular complexity index is 408. The van der Waals surface area contributed by atoms with Crippen LogP contribution in [0.4, 0.5) is 5.69 Å². The first-order valence-corrected chi connectivity index (χ1v) is 6.38. The van der Waals surface area contributed by atoms with Crippen molar-refractivity contribution >= 4 is 24.0 Å². The molecule has 0 saturated heterocycles. The molecular weight excluding hydrogens is 264 g/mol. The number of hydrogen-bond donors (Lipinski definition) is 2. The highest BCUT2D eigenvalue weighted by atomic mass is 35.5. The van der Waals surface area contributed by atoms with Crippen molar-refractivity contribution in [3.8, 4) is 5.75 Å². The number of carbonyl (C=O) groups is 1. The van der Waals surface area contributed by atoms with Gasteiger partial charge in [-0.15, -0.1) is 12.4 Å².